The van der Waals surface area contributed by atoms with Crippen LogP contribution >= 0.6 is 0 Å². The van der Waals surface area contributed by atoms with E-state index in [0.29, 0.717) is 11.4 Å². The number of hydrogen-bond acceptors (Lipinski definition) is 6. The lowest BCUT2D eigenvalue weighted by Crippen LogP contribution is -2.43. The minimum atomic E-state index is -3.37. The van der Waals surface area contributed by atoms with Gasteiger partial charge in [0.15, 0.2) is 23.1 Å². The Hall–Kier alpha value is -3.65. The Morgan fingerprint density at radius 2 is 1.62 bits per heavy atom. The molecule has 3 aromatic carbocycles. The molecular formula is C24H21NO6S. The first-order valence-electron chi connectivity index (χ1n) is 9.97. The van der Waals surface area contributed by atoms with E-state index in [0.717, 1.165) is 16.2 Å². The molecule has 1 unspecified atom stereocenters. The molecule has 0 saturated carbocycles. The van der Waals surface area contributed by atoms with E-state index in [1.807, 2.05) is 36.4 Å². The van der Waals surface area contributed by atoms with Gasteiger partial charge in [0.2, 0.25) is 0 Å². The number of para-hydroxylation sites is 1. The first-order chi connectivity index (χ1) is 15.4. The Kier molecular flexibility index (Phi) is 6.23. The molecule has 4 rings (SSSR count). The van der Waals surface area contributed by atoms with Crippen LogP contribution < -0.4 is 9.64 Å². The summed E-state index contributed by atoms with van der Waals surface area (Å²) in [4.78, 5) is 26.4. The lowest BCUT2D eigenvalue weighted by molar-refractivity contribution is -0.149. The molecule has 0 bridgehead atoms. The summed E-state index contributed by atoms with van der Waals surface area (Å²) in [6.07, 6.45) is 1.46. The molecule has 32 heavy (non-hydrogen) atoms. The zero-order chi connectivity index (χ0) is 22.6. The number of ether oxygens (including phenoxy) is 2. The smallest absolute Gasteiger partial charge is 0.344 e. The molecule has 3 aromatic rings. The molecule has 1 aliphatic heterocycles. The molecule has 0 saturated heterocycles. The molecule has 164 valence electrons. The van der Waals surface area contributed by atoms with Gasteiger partial charge in [-0.3, -0.25) is 4.79 Å². The van der Waals surface area contributed by atoms with Gasteiger partial charge in [0.25, 0.3) is 5.91 Å². The van der Waals surface area contributed by atoms with Crippen molar-refractivity contribution in [1.29, 1.82) is 0 Å². The molecule has 7 nitrogen and oxygen atoms in total. The van der Waals surface area contributed by atoms with Crippen molar-refractivity contribution in [2.24, 2.45) is 0 Å². The summed E-state index contributed by atoms with van der Waals surface area (Å²) >= 11 is 0. The van der Waals surface area contributed by atoms with Crippen LogP contribution in [0, 0.1) is 0 Å². The number of carbonyl (C=O) groups is 2. The van der Waals surface area contributed by atoms with Gasteiger partial charge in [0.05, 0.1) is 11.8 Å². The van der Waals surface area contributed by atoms with Gasteiger partial charge in [-0.1, -0.05) is 54.6 Å². The number of rotatable bonds is 7. The fourth-order valence-electron chi connectivity index (χ4n) is 3.54. The topological polar surface area (TPSA) is 90.0 Å². The summed E-state index contributed by atoms with van der Waals surface area (Å²) in [5.41, 5.74) is 0.521. The maximum Gasteiger partial charge on any atom is 0.344 e. The molecule has 1 heterocycles. The molecule has 1 amide bonds. The van der Waals surface area contributed by atoms with Crippen LogP contribution in [-0.2, 0) is 24.2 Å². The van der Waals surface area contributed by atoms with Crippen LogP contribution in [0.1, 0.15) is 0 Å². The third-order valence-electron chi connectivity index (χ3n) is 5.00. The van der Waals surface area contributed by atoms with E-state index in [9.17, 15) is 18.0 Å². The van der Waals surface area contributed by atoms with Crippen molar-refractivity contribution >= 4 is 38.2 Å². The quantitative estimate of drug-likeness (QED) is 0.513. The zero-order valence-corrected chi connectivity index (χ0v) is 17.9. The van der Waals surface area contributed by atoms with E-state index in [4.69, 9.17) is 9.47 Å². The van der Waals surface area contributed by atoms with E-state index >= 15 is 0 Å². The highest BCUT2D eigenvalue weighted by Crippen LogP contribution is 2.25. The molecule has 0 radical (unpaired) electrons. The Morgan fingerprint density at radius 3 is 2.38 bits per heavy atom. The number of anilines is 1. The van der Waals surface area contributed by atoms with E-state index in [1.54, 1.807) is 36.4 Å². The number of fused-ring (bicyclic) bond motifs is 1. The molecule has 1 aliphatic rings. The van der Waals surface area contributed by atoms with Gasteiger partial charge < -0.3 is 14.4 Å². The predicted octanol–water partition coefficient (Wildman–Crippen LogP) is 3.11. The normalized spacial score (nSPS) is 16.6. The second-order valence-electron chi connectivity index (χ2n) is 7.25. The highest BCUT2D eigenvalue weighted by atomic mass is 32.2. The maximum atomic E-state index is 12.9. The Labute approximate surface area is 185 Å². The monoisotopic (exact) mass is 451 g/mol. The van der Waals surface area contributed by atoms with Gasteiger partial charge in [0.1, 0.15) is 5.75 Å². The van der Waals surface area contributed by atoms with Crippen molar-refractivity contribution < 1.29 is 27.5 Å². The third-order valence-corrected chi connectivity index (χ3v) is 6.38. The number of sulfone groups is 1. The molecular weight excluding hydrogens is 430 g/mol. The van der Waals surface area contributed by atoms with E-state index < -0.39 is 34.4 Å². The summed E-state index contributed by atoms with van der Waals surface area (Å²) in [5.74, 6) is -0.903. The Morgan fingerprint density at radius 1 is 0.906 bits per heavy atom. The number of esters is 1. The average molecular weight is 452 g/mol. The number of amides is 1. The maximum absolute atomic E-state index is 12.9. The minimum Gasteiger partial charge on any atom is -0.481 e. The summed E-state index contributed by atoms with van der Waals surface area (Å²) in [5, 5.41) is 2.94. The van der Waals surface area contributed by atoms with Crippen LogP contribution in [0.2, 0.25) is 0 Å². The Bertz CT molecular complexity index is 1260. The van der Waals surface area contributed by atoms with Gasteiger partial charge >= 0.3 is 5.97 Å². The first-order valence-corrected chi connectivity index (χ1v) is 11.7. The van der Waals surface area contributed by atoms with Crippen molar-refractivity contribution in [3.63, 3.8) is 0 Å². The number of nitrogens with zero attached hydrogens (tertiary/aromatic N) is 1. The van der Waals surface area contributed by atoms with Crippen LogP contribution in [0.15, 0.2) is 84.3 Å². The number of benzene rings is 3. The second-order valence-corrected chi connectivity index (χ2v) is 9.18. The lowest BCUT2D eigenvalue weighted by atomic mass is 10.1. The molecule has 0 N–H and O–H groups in total. The molecule has 0 fully saturated rings. The second kappa shape index (κ2) is 9.23. The fraction of sp³-hybridized carbons (Fsp3) is 0.167. The van der Waals surface area contributed by atoms with Gasteiger partial charge in [-0.2, -0.15) is 0 Å². The summed E-state index contributed by atoms with van der Waals surface area (Å²) in [7, 11) is -3.37. The molecule has 8 heteroatoms. The van der Waals surface area contributed by atoms with Crippen molar-refractivity contribution in [1.82, 2.24) is 0 Å². The van der Waals surface area contributed by atoms with Crippen molar-refractivity contribution in [2.45, 2.75) is 6.04 Å². The van der Waals surface area contributed by atoms with Gasteiger partial charge in [0, 0.05) is 16.5 Å². The van der Waals surface area contributed by atoms with Crippen LogP contribution in [-0.4, -0.2) is 45.3 Å². The zero-order valence-electron chi connectivity index (χ0n) is 17.1. The fourth-order valence-corrected chi connectivity index (χ4v) is 4.81. The average Bonchev–Trinajstić information content (AvgIpc) is 3.16. The predicted molar refractivity (Wildman–Crippen MR) is 121 cm³/mol. The SMILES string of the molecule is O=C(COc1cccc2ccccc12)OCC(=O)N(c1ccccc1)C1C=CS(=O)(=O)C1. The summed E-state index contributed by atoms with van der Waals surface area (Å²) in [6, 6.07) is 21.1. The minimum absolute atomic E-state index is 0.216. The number of carbonyl (C=O) groups excluding carboxylic acids is 2. The van der Waals surface area contributed by atoms with Gasteiger partial charge in [-0.15, -0.1) is 0 Å². The largest absolute Gasteiger partial charge is 0.481 e. The van der Waals surface area contributed by atoms with Crippen LogP contribution in [0.5, 0.6) is 5.75 Å². The van der Waals surface area contributed by atoms with Crippen LogP contribution in [0.25, 0.3) is 10.8 Å². The third kappa shape index (κ3) is 4.97. The standard InChI is InChI=1S/C24H21NO6S/c26-23(25(19-9-2-1-3-10-19)20-13-14-32(28,29)17-20)15-31-24(27)16-30-22-12-6-8-18-7-4-5-11-21(18)22/h1-14,20H,15-17H2. The lowest BCUT2D eigenvalue weighted by Gasteiger charge is -2.27. The Balaban J connectivity index is 1.39. The van der Waals surface area contributed by atoms with Gasteiger partial charge in [-0.25, -0.2) is 13.2 Å². The number of hydrogen-bond donors (Lipinski definition) is 0. The summed E-state index contributed by atoms with van der Waals surface area (Å²) < 4.78 is 34.4. The van der Waals surface area contributed by atoms with Crippen molar-refractivity contribution in [2.75, 3.05) is 23.9 Å². The molecule has 0 spiro atoms. The van der Waals surface area contributed by atoms with E-state index in [-0.39, 0.29) is 12.4 Å². The van der Waals surface area contributed by atoms with Crippen LogP contribution in [0.3, 0.4) is 0 Å². The van der Waals surface area contributed by atoms with E-state index in [1.165, 1.54) is 11.0 Å². The highest BCUT2D eigenvalue weighted by Gasteiger charge is 2.31. The van der Waals surface area contributed by atoms with E-state index in [2.05, 4.69) is 0 Å². The summed E-state index contributed by atoms with van der Waals surface area (Å²) in [6.45, 7) is -0.888. The first kappa shape index (κ1) is 21.6. The van der Waals surface area contributed by atoms with Gasteiger partial charge in [-0.05, 0) is 29.7 Å². The van der Waals surface area contributed by atoms with Crippen molar-refractivity contribution in [3.05, 3.63) is 84.3 Å². The highest BCUT2D eigenvalue weighted by molar-refractivity contribution is 7.94. The van der Waals surface area contributed by atoms with Crippen LogP contribution in [0.4, 0.5) is 5.69 Å². The van der Waals surface area contributed by atoms with Crippen molar-refractivity contribution in [3.8, 4) is 5.75 Å². The molecule has 0 aliphatic carbocycles. The molecule has 0 aromatic heterocycles. The molecule has 1 atom stereocenters.